The molecule has 4 aromatic rings. The number of hydrogen-bond donors (Lipinski definition) is 0. The fraction of sp³-hybridized carbons (Fsp3) is 0.300. The van der Waals surface area contributed by atoms with Crippen molar-refractivity contribution in [3.63, 3.8) is 0 Å². The van der Waals surface area contributed by atoms with Crippen LogP contribution >= 0.6 is 11.3 Å². The molecule has 0 aromatic carbocycles. The highest BCUT2D eigenvalue weighted by molar-refractivity contribution is 7.16. The topological polar surface area (TPSA) is 39.8 Å². The molecule has 0 unspecified atom stereocenters. The van der Waals surface area contributed by atoms with Gasteiger partial charge in [0.15, 0.2) is 0 Å². The minimum Gasteiger partial charge on any atom is -0.343 e. The molecule has 0 saturated carbocycles. The molecule has 4 heterocycles. The van der Waals surface area contributed by atoms with Crippen molar-refractivity contribution in [3.05, 3.63) is 52.9 Å². The highest BCUT2D eigenvalue weighted by Crippen LogP contribution is 2.31. The SMILES string of the molecule is CCCn1c(C)c(C(=O)c2cc3ccsc3n2CC)c2ccncc21. The van der Waals surface area contributed by atoms with Crippen molar-refractivity contribution in [2.75, 3.05) is 0 Å². The van der Waals surface area contributed by atoms with Gasteiger partial charge in [0.05, 0.1) is 23.0 Å². The van der Waals surface area contributed by atoms with Crippen LogP contribution in [0.4, 0.5) is 0 Å². The number of carbonyl (C=O) groups excluding carboxylic acids is 1. The Kier molecular flexibility index (Phi) is 3.96. The normalized spacial score (nSPS) is 11.6. The Morgan fingerprint density at radius 2 is 2.08 bits per heavy atom. The van der Waals surface area contributed by atoms with Crippen molar-refractivity contribution in [1.82, 2.24) is 14.1 Å². The van der Waals surface area contributed by atoms with Crippen LogP contribution in [0.15, 0.2) is 36.0 Å². The summed E-state index contributed by atoms with van der Waals surface area (Å²) in [5.74, 6) is 0.105. The van der Waals surface area contributed by atoms with E-state index in [9.17, 15) is 4.79 Å². The molecule has 0 aliphatic heterocycles. The van der Waals surface area contributed by atoms with Crippen molar-refractivity contribution in [3.8, 4) is 0 Å². The van der Waals surface area contributed by atoms with Crippen LogP contribution < -0.4 is 0 Å². The third-order valence-corrected chi connectivity index (χ3v) is 5.80. The molecule has 0 bridgehead atoms. The Hall–Kier alpha value is -2.40. The molecule has 25 heavy (non-hydrogen) atoms. The van der Waals surface area contributed by atoms with Crippen LogP contribution in [0, 0.1) is 6.92 Å². The van der Waals surface area contributed by atoms with Crippen LogP contribution in [0.2, 0.25) is 0 Å². The van der Waals surface area contributed by atoms with Crippen molar-refractivity contribution >= 4 is 38.2 Å². The number of pyridine rings is 1. The van der Waals surface area contributed by atoms with Crippen LogP contribution in [0.3, 0.4) is 0 Å². The Balaban J connectivity index is 1.96. The number of carbonyl (C=O) groups is 1. The number of rotatable bonds is 5. The molecule has 128 valence electrons. The summed E-state index contributed by atoms with van der Waals surface area (Å²) in [6, 6.07) is 6.07. The van der Waals surface area contributed by atoms with E-state index in [0.29, 0.717) is 0 Å². The van der Waals surface area contributed by atoms with E-state index in [1.807, 2.05) is 25.3 Å². The Bertz CT molecular complexity index is 1080. The molecule has 0 atom stereocenters. The average Bonchev–Trinajstić information content (AvgIpc) is 3.27. The number of nitrogens with zero attached hydrogens (tertiary/aromatic N) is 3. The van der Waals surface area contributed by atoms with E-state index in [2.05, 4.69) is 39.4 Å². The summed E-state index contributed by atoms with van der Waals surface area (Å²) >= 11 is 1.69. The minimum atomic E-state index is 0.105. The number of thiophene rings is 1. The molecular weight excluding hydrogens is 330 g/mol. The van der Waals surface area contributed by atoms with Gasteiger partial charge >= 0.3 is 0 Å². The van der Waals surface area contributed by atoms with Gasteiger partial charge in [-0.2, -0.15) is 0 Å². The van der Waals surface area contributed by atoms with Gasteiger partial charge in [-0.15, -0.1) is 11.3 Å². The van der Waals surface area contributed by atoms with Gasteiger partial charge in [0.1, 0.15) is 4.83 Å². The monoisotopic (exact) mass is 351 g/mol. The number of aromatic nitrogens is 3. The van der Waals surface area contributed by atoms with E-state index < -0.39 is 0 Å². The zero-order valence-corrected chi connectivity index (χ0v) is 15.6. The molecule has 0 amide bonds. The van der Waals surface area contributed by atoms with Crippen molar-refractivity contribution in [2.24, 2.45) is 0 Å². The quantitative estimate of drug-likeness (QED) is 0.474. The Labute approximate surface area is 150 Å². The van der Waals surface area contributed by atoms with Crippen LogP contribution in [-0.2, 0) is 13.1 Å². The number of hydrogen-bond acceptors (Lipinski definition) is 3. The molecule has 0 spiro atoms. The lowest BCUT2D eigenvalue weighted by atomic mass is 10.0. The van der Waals surface area contributed by atoms with Crippen molar-refractivity contribution in [1.29, 1.82) is 0 Å². The lowest BCUT2D eigenvalue weighted by Crippen LogP contribution is -2.10. The fourth-order valence-electron chi connectivity index (χ4n) is 3.73. The Morgan fingerprint density at radius 3 is 2.84 bits per heavy atom. The second-order valence-corrected chi connectivity index (χ2v) is 7.18. The van der Waals surface area contributed by atoms with Crippen molar-refractivity contribution < 1.29 is 4.79 Å². The van der Waals surface area contributed by atoms with Crippen LogP contribution in [-0.4, -0.2) is 19.9 Å². The van der Waals surface area contributed by atoms with E-state index in [1.165, 1.54) is 4.83 Å². The van der Waals surface area contributed by atoms with Gasteiger partial charge in [0, 0.05) is 35.8 Å². The second kappa shape index (κ2) is 6.15. The number of fused-ring (bicyclic) bond motifs is 2. The van der Waals surface area contributed by atoms with E-state index in [0.717, 1.165) is 52.8 Å². The summed E-state index contributed by atoms with van der Waals surface area (Å²) in [4.78, 5) is 18.9. The van der Waals surface area contributed by atoms with Crippen LogP contribution in [0.25, 0.3) is 21.1 Å². The third-order valence-electron chi connectivity index (χ3n) is 4.85. The van der Waals surface area contributed by atoms with E-state index in [1.54, 1.807) is 17.5 Å². The summed E-state index contributed by atoms with van der Waals surface area (Å²) in [6.45, 7) is 7.97. The predicted molar refractivity (Wildman–Crippen MR) is 104 cm³/mol. The molecule has 4 aromatic heterocycles. The fourth-order valence-corrected chi connectivity index (χ4v) is 4.69. The largest absolute Gasteiger partial charge is 0.343 e. The lowest BCUT2D eigenvalue weighted by molar-refractivity contribution is 0.103. The first-order chi connectivity index (χ1) is 12.2. The maximum Gasteiger partial charge on any atom is 0.211 e. The van der Waals surface area contributed by atoms with Gasteiger partial charge in [-0.3, -0.25) is 9.78 Å². The van der Waals surface area contributed by atoms with Gasteiger partial charge in [0.2, 0.25) is 5.78 Å². The van der Waals surface area contributed by atoms with Gasteiger partial charge in [0.25, 0.3) is 0 Å². The first kappa shape index (κ1) is 16.1. The molecule has 5 heteroatoms. The summed E-state index contributed by atoms with van der Waals surface area (Å²) in [7, 11) is 0. The first-order valence-electron chi connectivity index (χ1n) is 8.71. The van der Waals surface area contributed by atoms with E-state index >= 15 is 0 Å². The first-order valence-corrected chi connectivity index (χ1v) is 9.59. The molecule has 0 radical (unpaired) electrons. The van der Waals surface area contributed by atoms with Crippen LogP contribution in [0.1, 0.15) is 42.0 Å². The molecule has 0 aliphatic carbocycles. The predicted octanol–water partition coefficient (Wildman–Crippen LogP) is 5.02. The lowest BCUT2D eigenvalue weighted by Gasteiger charge is -2.08. The van der Waals surface area contributed by atoms with Gasteiger partial charge in [-0.05, 0) is 43.8 Å². The zero-order valence-electron chi connectivity index (χ0n) is 14.7. The van der Waals surface area contributed by atoms with Crippen LogP contribution in [0.5, 0.6) is 0 Å². The molecular formula is C20H21N3OS. The standard InChI is InChI=1S/C20H21N3OS/c1-4-9-23-13(3)18(15-6-8-21-12-17(15)23)19(24)16-11-14-7-10-25-20(14)22(16)5-2/h6-8,10-12H,4-5,9H2,1-3H3. The highest BCUT2D eigenvalue weighted by atomic mass is 32.1. The maximum atomic E-state index is 13.5. The summed E-state index contributed by atoms with van der Waals surface area (Å²) < 4.78 is 4.35. The van der Waals surface area contributed by atoms with Gasteiger partial charge < -0.3 is 9.13 Å². The Morgan fingerprint density at radius 1 is 1.24 bits per heavy atom. The summed E-state index contributed by atoms with van der Waals surface area (Å²) in [5, 5.41) is 4.22. The molecule has 0 aliphatic rings. The minimum absolute atomic E-state index is 0.105. The molecule has 0 saturated heterocycles. The summed E-state index contributed by atoms with van der Waals surface area (Å²) in [5.41, 5.74) is 3.66. The summed E-state index contributed by atoms with van der Waals surface area (Å²) in [6.07, 6.45) is 4.66. The van der Waals surface area contributed by atoms with E-state index in [-0.39, 0.29) is 5.78 Å². The van der Waals surface area contributed by atoms with Gasteiger partial charge in [-0.1, -0.05) is 6.92 Å². The zero-order chi connectivity index (χ0) is 17.6. The number of ketones is 1. The smallest absolute Gasteiger partial charge is 0.211 e. The average molecular weight is 351 g/mol. The maximum absolute atomic E-state index is 13.5. The van der Waals surface area contributed by atoms with Gasteiger partial charge in [-0.25, -0.2) is 0 Å². The molecule has 0 N–H and O–H groups in total. The van der Waals surface area contributed by atoms with Crippen molar-refractivity contribution in [2.45, 2.75) is 40.3 Å². The molecule has 0 fully saturated rings. The van der Waals surface area contributed by atoms with E-state index in [4.69, 9.17) is 0 Å². The molecule has 4 nitrogen and oxygen atoms in total. The number of aryl methyl sites for hydroxylation is 2. The second-order valence-electron chi connectivity index (χ2n) is 6.29. The highest BCUT2D eigenvalue weighted by Gasteiger charge is 2.24. The third kappa shape index (κ3) is 2.34. The molecule has 4 rings (SSSR count).